The Labute approximate surface area is 110 Å². The van der Waals surface area contributed by atoms with Crippen LogP contribution in [0.2, 0.25) is 0 Å². The van der Waals surface area contributed by atoms with E-state index in [2.05, 4.69) is 18.3 Å². The summed E-state index contributed by atoms with van der Waals surface area (Å²) in [6, 6.07) is 8.04. The predicted molar refractivity (Wildman–Crippen MR) is 75.2 cm³/mol. The molecule has 1 aromatic carbocycles. The summed E-state index contributed by atoms with van der Waals surface area (Å²) in [6.45, 7) is 8.12. The van der Waals surface area contributed by atoms with E-state index in [1.165, 1.54) is 5.56 Å². The van der Waals surface area contributed by atoms with Crippen LogP contribution in [-0.2, 0) is 4.79 Å². The van der Waals surface area contributed by atoms with Crippen molar-refractivity contribution in [3.63, 3.8) is 0 Å². The minimum absolute atomic E-state index is 0.0203. The van der Waals surface area contributed by atoms with E-state index >= 15 is 0 Å². The summed E-state index contributed by atoms with van der Waals surface area (Å²) < 4.78 is 0. The van der Waals surface area contributed by atoms with E-state index in [1.807, 2.05) is 39.0 Å². The van der Waals surface area contributed by atoms with Gasteiger partial charge >= 0.3 is 0 Å². The van der Waals surface area contributed by atoms with Crippen LogP contribution in [0, 0.1) is 12.8 Å². The Kier molecular flexibility index (Phi) is 5.35. The van der Waals surface area contributed by atoms with Gasteiger partial charge in [-0.25, -0.2) is 0 Å². The van der Waals surface area contributed by atoms with E-state index < -0.39 is 0 Å². The van der Waals surface area contributed by atoms with E-state index in [-0.39, 0.29) is 18.0 Å². The van der Waals surface area contributed by atoms with E-state index in [0.717, 1.165) is 5.56 Å². The molecule has 0 saturated carbocycles. The SMILES string of the molecule is Cc1ccccc1[C@H](C)NC(=O)CC(N)C(C)C. The maximum atomic E-state index is 11.9. The molecule has 0 bridgehead atoms. The highest BCUT2D eigenvalue weighted by atomic mass is 16.1. The van der Waals surface area contributed by atoms with Gasteiger partial charge < -0.3 is 11.1 Å². The number of carbonyl (C=O) groups excluding carboxylic acids is 1. The molecule has 0 spiro atoms. The van der Waals surface area contributed by atoms with Crippen LogP contribution in [0.1, 0.15) is 44.4 Å². The highest BCUT2D eigenvalue weighted by Gasteiger charge is 2.16. The van der Waals surface area contributed by atoms with Gasteiger partial charge in [0.2, 0.25) is 5.91 Å². The standard InChI is InChI=1S/C15H24N2O/c1-10(2)14(16)9-15(18)17-12(4)13-8-6-5-7-11(13)3/h5-8,10,12,14H,9,16H2,1-4H3,(H,17,18)/t12-,14?/m0/s1. The van der Waals surface area contributed by atoms with E-state index in [0.29, 0.717) is 12.3 Å². The third-order valence-corrected chi connectivity index (χ3v) is 3.31. The number of aryl methyl sites for hydroxylation is 1. The molecule has 1 unspecified atom stereocenters. The maximum Gasteiger partial charge on any atom is 0.222 e. The molecule has 1 aromatic rings. The molecule has 0 heterocycles. The highest BCUT2D eigenvalue weighted by Crippen LogP contribution is 2.16. The summed E-state index contributed by atoms with van der Waals surface area (Å²) in [5.41, 5.74) is 8.25. The molecule has 3 N–H and O–H groups in total. The Morgan fingerprint density at radius 2 is 1.89 bits per heavy atom. The molecule has 3 heteroatoms. The van der Waals surface area contributed by atoms with Crippen LogP contribution < -0.4 is 11.1 Å². The summed E-state index contributed by atoms with van der Waals surface area (Å²) in [5.74, 6) is 0.344. The lowest BCUT2D eigenvalue weighted by Gasteiger charge is -2.19. The first-order valence-corrected chi connectivity index (χ1v) is 6.52. The van der Waals surface area contributed by atoms with Gasteiger partial charge in [0.15, 0.2) is 0 Å². The van der Waals surface area contributed by atoms with Gasteiger partial charge in [0.05, 0.1) is 6.04 Å². The first kappa shape index (κ1) is 14.7. The van der Waals surface area contributed by atoms with Crippen LogP contribution in [-0.4, -0.2) is 11.9 Å². The lowest BCUT2D eigenvalue weighted by atomic mass is 10.00. The second-order valence-corrected chi connectivity index (χ2v) is 5.26. The zero-order chi connectivity index (χ0) is 13.7. The van der Waals surface area contributed by atoms with Crippen molar-refractivity contribution in [2.75, 3.05) is 0 Å². The zero-order valence-electron chi connectivity index (χ0n) is 11.7. The molecular weight excluding hydrogens is 224 g/mol. The number of benzene rings is 1. The van der Waals surface area contributed by atoms with E-state index in [9.17, 15) is 4.79 Å². The lowest BCUT2D eigenvalue weighted by molar-refractivity contribution is -0.122. The maximum absolute atomic E-state index is 11.9. The Morgan fingerprint density at radius 1 is 1.28 bits per heavy atom. The van der Waals surface area contributed by atoms with Gasteiger partial charge in [0, 0.05) is 12.5 Å². The molecule has 1 rings (SSSR count). The molecule has 0 aliphatic heterocycles. The second-order valence-electron chi connectivity index (χ2n) is 5.26. The molecular formula is C15H24N2O. The average Bonchev–Trinajstić information content (AvgIpc) is 2.28. The summed E-state index contributed by atoms with van der Waals surface area (Å²) >= 11 is 0. The van der Waals surface area contributed by atoms with Crippen LogP contribution in [0.15, 0.2) is 24.3 Å². The number of hydrogen-bond acceptors (Lipinski definition) is 2. The molecule has 2 atom stereocenters. The summed E-state index contributed by atoms with van der Waals surface area (Å²) in [7, 11) is 0. The zero-order valence-corrected chi connectivity index (χ0v) is 11.7. The van der Waals surface area contributed by atoms with Crippen molar-refractivity contribution in [1.29, 1.82) is 0 Å². The number of hydrogen-bond donors (Lipinski definition) is 2. The fourth-order valence-electron chi connectivity index (χ4n) is 1.90. The number of nitrogens with two attached hydrogens (primary N) is 1. The normalized spacial score (nSPS) is 14.3. The lowest BCUT2D eigenvalue weighted by Crippen LogP contribution is -2.36. The van der Waals surface area contributed by atoms with Crippen LogP contribution in [0.4, 0.5) is 0 Å². The van der Waals surface area contributed by atoms with Gasteiger partial charge in [-0.1, -0.05) is 38.1 Å². The Balaban J connectivity index is 2.58. The topological polar surface area (TPSA) is 55.1 Å². The Morgan fingerprint density at radius 3 is 2.44 bits per heavy atom. The molecule has 0 aliphatic carbocycles. The second kappa shape index (κ2) is 6.55. The summed E-state index contributed by atoms with van der Waals surface area (Å²) in [5, 5.41) is 3.00. The van der Waals surface area contributed by atoms with Gasteiger partial charge in [-0.05, 0) is 30.9 Å². The van der Waals surface area contributed by atoms with Crippen LogP contribution in [0.3, 0.4) is 0 Å². The number of nitrogens with one attached hydrogen (secondary N) is 1. The van der Waals surface area contributed by atoms with Crippen LogP contribution in [0.5, 0.6) is 0 Å². The van der Waals surface area contributed by atoms with Gasteiger partial charge in [-0.2, -0.15) is 0 Å². The van der Waals surface area contributed by atoms with Gasteiger partial charge in [-0.3, -0.25) is 4.79 Å². The first-order valence-electron chi connectivity index (χ1n) is 6.52. The minimum atomic E-state index is -0.0749. The molecule has 18 heavy (non-hydrogen) atoms. The van der Waals surface area contributed by atoms with Crippen molar-refractivity contribution in [3.8, 4) is 0 Å². The van der Waals surface area contributed by atoms with Crippen molar-refractivity contribution in [1.82, 2.24) is 5.32 Å². The summed E-state index contributed by atoms with van der Waals surface area (Å²) in [6.07, 6.45) is 0.383. The number of carbonyl (C=O) groups is 1. The Bertz CT molecular complexity index is 401. The summed E-state index contributed by atoms with van der Waals surface area (Å²) in [4.78, 5) is 11.9. The van der Waals surface area contributed by atoms with E-state index in [1.54, 1.807) is 0 Å². The first-order chi connectivity index (χ1) is 8.41. The van der Waals surface area contributed by atoms with Crippen LogP contribution in [0.25, 0.3) is 0 Å². The third-order valence-electron chi connectivity index (χ3n) is 3.31. The van der Waals surface area contributed by atoms with Crippen molar-refractivity contribution < 1.29 is 4.79 Å². The number of amides is 1. The smallest absolute Gasteiger partial charge is 0.222 e. The predicted octanol–water partition coefficient (Wildman–Crippen LogP) is 2.55. The fraction of sp³-hybridized carbons (Fsp3) is 0.533. The van der Waals surface area contributed by atoms with Crippen LogP contribution >= 0.6 is 0 Å². The van der Waals surface area contributed by atoms with Crippen molar-refractivity contribution >= 4 is 5.91 Å². The largest absolute Gasteiger partial charge is 0.350 e. The van der Waals surface area contributed by atoms with Gasteiger partial charge in [0.1, 0.15) is 0 Å². The minimum Gasteiger partial charge on any atom is -0.350 e. The quantitative estimate of drug-likeness (QED) is 0.841. The Hall–Kier alpha value is -1.35. The molecule has 0 aliphatic rings. The van der Waals surface area contributed by atoms with Crippen molar-refractivity contribution in [3.05, 3.63) is 35.4 Å². The fourth-order valence-corrected chi connectivity index (χ4v) is 1.90. The molecule has 0 saturated heterocycles. The van der Waals surface area contributed by atoms with E-state index in [4.69, 9.17) is 5.73 Å². The monoisotopic (exact) mass is 248 g/mol. The van der Waals surface area contributed by atoms with Crippen molar-refractivity contribution in [2.45, 2.75) is 46.2 Å². The molecule has 0 radical (unpaired) electrons. The molecule has 1 amide bonds. The third kappa shape index (κ3) is 4.15. The van der Waals surface area contributed by atoms with Gasteiger partial charge in [0.25, 0.3) is 0 Å². The highest BCUT2D eigenvalue weighted by molar-refractivity contribution is 5.77. The molecule has 0 fully saturated rings. The number of rotatable bonds is 5. The van der Waals surface area contributed by atoms with Crippen molar-refractivity contribution in [2.24, 2.45) is 11.7 Å². The van der Waals surface area contributed by atoms with Gasteiger partial charge in [-0.15, -0.1) is 0 Å². The molecule has 100 valence electrons. The molecule has 0 aromatic heterocycles. The molecule has 3 nitrogen and oxygen atoms in total. The average molecular weight is 248 g/mol.